The van der Waals surface area contributed by atoms with Gasteiger partial charge in [-0.3, -0.25) is 4.79 Å². The van der Waals surface area contributed by atoms with Crippen LogP contribution in [0.5, 0.6) is 0 Å². The van der Waals surface area contributed by atoms with Gasteiger partial charge in [-0.25, -0.2) is 4.39 Å². The molecule has 0 aliphatic heterocycles. The van der Waals surface area contributed by atoms with E-state index in [0.29, 0.717) is 0 Å². The molecule has 5 heteroatoms. The summed E-state index contributed by atoms with van der Waals surface area (Å²) < 4.78 is 17.9. The number of hydrogen-bond acceptors (Lipinski definition) is 3. The highest BCUT2D eigenvalue weighted by atomic mass is 19.1. The van der Waals surface area contributed by atoms with E-state index in [0.717, 1.165) is 5.56 Å². The van der Waals surface area contributed by atoms with E-state index in [1.54, 1.807) is 19.1 Å². The van der Waals surface area contributed by atoms with E-state index >= 15 is 0 Å². The van der Waals surface area contributed by atoms with Gasteiger partial charge in [0.1, 0.15) is 11.9 Å². The Morgan fingerprint density at radius 1 is 1.44 bits per heavy atom. The van der Waals surface area contributed by atoms with E-state index < -0.39 is 18.1 Å². The molecule has 0 aliphatic carbocycles. The van der Waals surface area contributed by atoms with Crippen molar-refractivity contribution in [2.24, 2.45) is 11.5 Å². The van der Waals surface area contributed by atoms with Crippen LogP contribution in [0.4, 0.5) is 4.39 Å². The molecule has 0 aliphatic rings. The maximum atomic E-state index is 12.6. The average Bonchev–Trinajstić information content (AvgIpc) is 2.26. The molecule has 1 rings (SSSR count). The lowest BCUT2D eigenvalue weighted by Gasteiger charge is -2.17. The molecular weight excluding hydrogens is 211 g/mol. The zero-order valence-corrected chi connectivity index (χ0v) is 9.02. The normalized spacial score (nSPS) is 14.4. The van der Waals surface area contributed by atoms with Gasteiger partial charge < -0.3 is 16.2 Å². The first-order valence-electron chi connectivity index (χ1n) is 4.91. The molecule has 4 nitrogen and oxygen atoms in total. The standard InChI is InChI=1S/C11H15FN2O2/c1-7(10(13)11(14)15)16-6-8-2-4-9(12)5-3-8/h2-5,7,10H,6,13H2,1H3,(H2,14,15)/t7-,10-/m0/s1. The SMILES string of the molecule is C[C@H](OCc1ccc(F)cc1)[C@H](N)C(N)=O. The molecule has 0 radical (unpaired) electrons. The van der Waals surface area contributed by atoms with Gasteiger partial charge in [0, 0.05) is 0 Å². The van der Waals surface area contributed by atoms with E-state index in [9.17, 15) is 9.18 Å². The van der Waals surface area contributed by atoms with Crippen molar-refractivity contribution in [1.82, 2.24) is 0 Å². The molecule has 0 saturated carbocycles. The van der Waals surface area contributed by atoms with Gasteiger partial charge in [-0.1, -0.05) is 12.1 Å². The van der Waals surface area contributed by atoms with Gasteiger partial charge in [-0.15, -0.1) is 0 Å². The van der Waals surface area contributed by atoms with Gasteiger partial charge >= 0.3 is 0 Å². The van der Waals surface area contributed by atoms with E-state index in [1.165, 1.54) is 12.1 Å². The fraction of sp³-hybridized carbons (Fsp3) is 0.364. The van der Waals surface area contributed by atoms with Gasteiger partial charge in [-0.05, 0) is 24.6 Å². The number of primary amides is 1. The maximum Gasteiger partial charge on any atom is 0.237 e. The van der Waals surface area contributed by atoms with Gasteiger partial charge in [0.05, 0.1) is 12.7 Å². The second-order valence-electron chi connectivity index (χ2n) is 3.57. The van der Waals surface area contributed by atoms with E-state index in [1.807, 2.05) is 0 Å². The van der Waals surface area contributed by atoms with E-state index in [4.69, 9.17) is 16.2 Å². The van der Waals surface area contributed by atoms with Crippen LogP contribution in [0.25, 0.3) is 0 Å². The lowest BCUT2D eigenvalue weighted by molar-refractivity contribution is -0.122. The van der Waals surface area contributed by atoms with Crippen molar-refractivity contribution in [3.63, 3.8) is 0 Å². The summed E-state index contributed by atoms with van der Waals surface area (Å²) in [4.78, 5) is 10.8. The van der Waals surface area contributed by atoms with Crippen LogP contribution in [0.1, 0.15) is 12.5 Å². The highest BCUT2D eigenvalue weighted by molar-refractivity contribution is 5.80. The Morgan fingerprint density at radius 2 is 2.00 bits per heavy atom. The molecule has 2 atom stereocenters. The molecule has 0 spiro atoms. The number of ether oxygens (including phenoxy) is 1. The Balaban J connectivity index is 2.45. The molecule has 16 heavy (non-hydrogen) atoms. The number of carbonyl (C=O) groups is 1. The average molecular weight is 226 g/mol. The third-order valence-electron chi connectivity index (χ3n) is 2.26. The third-order valence-corrected chi connectivity index (χ3v) is 2.26. The first-order valence-corrected chi connectivity index (χ1v) is 4.91. The lowest BCUT2D eigenvalue weighted by atomic mass is 10.2. The van der Waals surface area contributed by atoms with Crippen LogP contribution >= 0.6 is 0 Å². The predicted molar refractivity (Wildman–Crippen MR) is 57.8 cm³/mol. The van der Waals surface area contributed by atoms with Gasteiger partial charge in [-0.2, -0.15) is 0 Å². The third kappa shape index (κ3) is 3.60. The summed E-state index contributed by atoms with van der Waals surface area (Å²) in [5.41, 5.74) is 11.3. The molecule has 88 valence electrons. The Bertz CT molecular complexity index is 354. The molecule has 0 fully saturated rings. The fourth-order valence-electron chi connectivity index (χ4n) is 1.14. The van der Waals surface area contributed by atoms with Crippen molar-refractivity contribution in [2.45, 2.75) is 25.7 Å². The Hall–Kier alpha value is -1.46. The summed E-state index contributed by atoms with van der Waals surface area (Å²) in [5.74, 6) is -0.905. The van der Waals surface area contributed by atoms with Crippen molar-refractivity contribution in [2.75, 3.05) is 0 Å². The van der Waals surface area contributed by atoms with Crippen LogP contribution < -0.4 is 11.5 Å². The van der Waals surface area contributed by atoms with Crippen LogP contribution in [-0.4, -0.2) is 18.1 Å². The number of rotatable bonds is 5. The summed E-state index contributed by atoms with van der Waals surface area (Å²) in [5, 5.41) is 0. The molecule has 4 N–H and O–H groups in total. The highest BCUT2D eigenvalue weighted by Crippen LogP contribution is 2.06. The van der Waals surface area contributed by atoms with Crippen LogP contribution in [0.3, 0.4) is 0 Å². The number of carbonyl (C=O) groups excluding carboxylic acids is 1. The summed E-state index contributed by atoms with van der Waals surface area (Å²) in [6, 6.07) is 5.07. The second kappa shape index (κ2) is 5.58. The minimum Gasteiger partial charge on any atom is -0.372 e. The molecule has 0 heterocycles. The number of halogens is 1. The fourth-order valence-corrected chi connectivity index (χ4v) is 1.14. The van der Waals surface area contributed by atoms with Gasteiger partial charge in [0.25, 0.3) is 0 Å². The van der Waals surface area contributed by atoms with Crippen LogP contribution in [0.2, 0.25) is 0 Å². The minimum atomic E-state index is -0.833. The summed E-state index contributed by atoms with van der Waals surface area (Å²) in [7, 11) is 0. The molecule has 0 bridgehead atoms. The van der Waals surface area contributed by atoms with Gasteiger partial charge in [0.15, 0.2) is 0 Å². The molecule has 1 aromatic carbocycles. The van der Waals surface area contributed by atoms with E-state index in [-0.39, 0.29) is 12.4 Å². The zero-order chi connectivity index (χ0) is 12.1. The van der Waals surface area contributed by atoms with Crippen molar-refractivity contribution in [1.29, 1.82) is 0 Å². The van der Waals surface area contributed by atoms with Crippen molar-refractivity contribution in [3.8, 4) is 0 Å². The second-order valence-corrected chi connectivity index (χ2v) is 3.57. The monoisotopic (exact) mass is 226 g/mol. The van der Waals surface area contributed by atoms with Crippen LogP contribution in [-0.2, 0) is 16.1 Å². The first-order chi connectivity index (χ1) is 7.50. The van der Waals surface area contributed by atoms with Crippen LogP contribution in [0.15, 0.2) is 24.3 Å². The molecule has 0 unspecified atom stereocenters. The zero-order valence-electron chi connectivity index (χ0n) is 9.02. The number of amides is 1. The smallest absolute Gasteiger partial charge is 0.237 e. The summed E-state index contributed by atoms with van der Waals surface area (Å²) in [6.07, 6.45) is -0.470. The predicted octanol–water partition coefficient (Wildman–Crippen LogP) is 0.543. The number of benzene rings is 1. The Labute approximate surface area is 93.4 Å². The molecular formula is C11H15FN2O2. The van der Waals surface area contributed by atoms with Crippen molar-refractivity contribution < 1.29 is 13.9 Å². The van der Waals surface area contributed by atoms with Crippen LogP contribution in [0, 0.1) is 5.82 Å². The summed E-state index contributed by atoms with van der Waals surface area (Å²) >= 11 is 0. The minimum absolute atomic E-state index is 0.266. The largest absolute Gasteiger partial charge is 0.372 e. The summed E-state index contributed by atoms with van der Waals surface area (Å²) in [6.45, 7) is 1.93. The number of hydrogen-bond donors (Lipinski definition) is 2. The quantitative estimate of drug-likeness (QED) is 0.769. The first kappa shape index (κ1) is 12.6. The van der Waals surface area contributed by atoms with Crippen molar-refractivity contribution >= 4 is 5.91 Å². The maximum absolute atomic E-state index is 12.6. The number of nitrogens with two attached hydrogens (primary N) is 2. The van der Waals surface area contributed by atoms with Gasteiger partial charge in [0.2, 0.25) is 5.91 Å². The highest BCUT2D eigenvalue weighted by Gasteiger charge is 2.18. The Kier molecular flexibility index (Phi) is 4.39. The van der Waals surface area contributed by atoms with E-state index in [2.05, 4.69) is 0 Å². The Morgan fingerprint density at radius 3 is 2.50 bits per heavy atom. The van der Waals surface area contributed by atoms with Crippen molar-refractivity contribution in [3.05, 3.63) is 35.6 Å². The topological polar surface area (TPSA) is 78.3 Å². The lowest BCUT2D eigenvalue weighted by Crippen LogP contribution is -2.45. The molecule has 1 amide bonds. The molecule has 0 aromatic heterocycles. The molecule has 1 aromatic rings. The molecule has 0 saturated heterocycles.